The molecule has 0 radical (unpaired) electrons. The van der Waals surface area contributed by atoms with Crippen molar-refractivity contribution >= 4 is 74.8 Å². The summed E-state index contributed by atoms with van der Waals surface area (Å²) in [6.45, 7) is 0. The van der Waals surface area contributed by atoms with Crippen LogP contribution in [-0.2, 0) is 26.7 Å². The van der Waals surface area contributed by atoms with Gasteiger partial charge in [0.25, 0.3) is 0 Å². The third-order valence-corrected chi connectivity index (χ3v) is 9.42. The Kier molecular flexibility index (Phi) is 6.59. The highest BCUT2D eigenvalue weighted by atomic mass is 35.5. The molecule has 0 aliphatic carbocycles. The molecule has 7 nitrogen and oxygen atoms in total. The van der Waals surface area contributed by atoms with Gasteiger partial charge in [-0.1, -0.05) is 54.2 Å². The van der Waals surface area contributed by atoms with Crippen molar-refractivity contribution in [2.24, 2.45) is 0 Å². The van der Waals surface area contributed by atoms with Crippen LogP contribution in [-0.4, -0.2) is 38.5 Å². The van der Waals surface area contributed by atoms with E-state index < -0.39 is 11.3 Å². The number of hydrogen-bond acceptors (Lipinski definition) is 6. The molecule has 2 aliphatic rings. The monoisotopic (exact) mass is 564 g/mol. The maximum Gasteiger partial charge on any atom is 0.353 e. The van der Waals surface area contributed by atoms with Crippen LogP contribution in [0.1, 0.15) is 17.5 Å². The van der Waals surface area contributed by atoms with E-state index in [1.165, 1.54) is 28.4 Å². The lowest BCUT2D eigenvalue weighted by atomic mass is 10.1. The number of hydrogen-bond donors (Lipinski definition) is 2. The number of carbonyl (C=O) groups excluding carboxylic acids is 2. The summed E-state index contributed by atoms with van der Waals surface area (Å²) in [7, 11) is 0. The predicted octanol–water partition coefficient (Wildman–Crippen LogP) is 5.70. The number of amides is 2. The molecule has 38 heavy (non-hydrogen) atoms. The average molecular weight is 565 g/mol. The second-order valence-electron chi connectivity index (χ2n) is 9.01. The first-order valence-electron chi connectivity index (χ1n) is 11.9. The normalized spacial score (nSPS) is 19.0. The number of thioether (sulfide) groups is 2. The number of β-lactam (4-membered cyclic amide) rings is 1. The van der Waals surface area contributed by atoms with Crippen LogP contribution in [0.5, 0.6) is 0 Å². The van der Waals surface area contributed by atoms with Crippen molar-refractivity contribution in [2.75, 3.05) is 0 Å². The van der Waals surface area contributed by atoms with Crippen molar-refractivity contribution in [3.8, 4) is 0 Å². The fourth-order valence-corrected chi connectivity index (χ4v) is 7.50. The van der Waals surface area contributed by atoms with E-state index in [2.05, 4.69) is 5.32 Å². The van der Waals surface area contributed by atoms with Gasteiger partial charge in [0, 0.05) is 21.5 Å². The second-order valence-corrected chi connectivity index (χ2v) is 11.7. The second kappa shape index (κ2) is 10.1. The first kappa shape index (κ1) is 24.9. The molecule has 1 fully saturated rings. The summed E-state index contributed by atoms with van der Waals surface area (Å²) in [4.78, 5) is 40.2. The Labute approximate surface area is 231 Å². The number of fused-ring (bicyclic) bond motifs is 4. The van der Waals surface area contributed by atoms with Crippen LogP contribution in [0.15, 0.2) is 86.6 Å². The van der Waals surface area contributed by atoms with Crippen LogP contribution in [0.25, 0.3) is 21.9 Å². The summed E-state index contributed by atoms with van der Waals surface area (Å²) >= 11 is 8.57. The molecule has 2 N–H and O–H groups in total. The molecule has 6 rings (SSSR count). The summed E-state index contributed by atoms with van der Waals surface area (Å²) in [5, 5.41) is 14.1. The minimum absolute atomic E-state index is 0.0866. The third-order valence-electron chi connectivity index (χ3n) is 6.50. The Hall–Kier alpha value is -3.40. The summed E-state index contributed by atoms with van der Waals surface area (Å²) in [6, 6.07) is 20.9. The number of nitrogens with one attached hydrogen (secondary N) is 1. The zero-order valence-corrected chi connectivity index (χ0v) is 22.2. The van der Waals surface area contributed by atoms with Gasteiger partial charge < -0.3 is 14.8 Å². The maximum absolute atomic E-state index is 12.9. The van der Waals surface area contributed by atoms with E-state index in [9.17, 15) is 19.5 Å². The molecule has 2 atom stereocenters. The molecule has 192 valence electrons. The van der Waals surface area contributed by atoms with Crippen molar-refractivity contribution in [3.63, 3.8) is 0 Å². The molecule has 10 heteroatoms. The SMILES string of the molecule is O=C(Cc1ccccc1)NC1S[C@@H]2CC(=O)N2C(C(=O)O)=C1Sc1ccc2c(c1)oc1cc(CCl)ccc12. The molecule has 0 saturated carbocycles. The van der Waals surface area contributed by atoms with E-state index >= 15 is 0 Å². The lowest BCUT2D eigenvalue weighted by Crippen LogP contribution is -2.57. The Morgan fingerprint density at radius 2 is 1.79 bits per heavy atom. The van der Waals surface area contributed by atoms with E-state index in [1.807, 2.05) is 66.7 Å². The number of carbonyl (C=O) groups is 3. The Balaban J connectivity index is 1.35. The van der Waals surface area contributed by atoms with Gasteiger partial charge in [-0.3, -0.25) is 14.5 Å². The summed E-state index contributed by atoms with van der Waals surface area (Å²) < 4.78 is 6.08. The smallest absolute Gasteiger partial charge is 0.353 e. The van der Waals surface area contributed by atoms with E-state index in [1.54, 1.807) is 0 Å². The number of alkyl halides is 1. The Morgan fingerprint density at radius 1 is 1.05 bits per heavy atom. The topological polar surface area (TPSA) is 99.9 Å². The van der Waals surface area contributed by atoms with E-state index in [0.717, 1.165) is 32.4 Å². The molecule has 3 heterocycles. The van der Waals surface area contributed by atoms with Crippen LogP contribution in [0.2, 0.25) is 0 Å². The molecule has 1 saturated heterocycles. The number of aliphatic carboxylic acids is 1. The van der Waals surface area contributed by atoms with Gasteiger partial charge in [-0.25, -0.2) is 4.79 Å². The van der Waals surface area contributed by atoms with Gasteiger partial charge in [0.2, 0.25) is 11.8 Å². The summed E-state index contributed by atoms with van der Waals surface area (Å²) in [5.41, 5.74) is 3.09. The van der Waals surface area contributed by atoms with Gasteiger partial charge in [-0.2, -0.15) is 0 Å². The first-order chi connectivity index (χ1) is 18.4. The third kappa shape index (κ3) is 4.55. The maximum atomic E-state index is 12.9. The number of halogens is 1. The van der Waals surface area contributed by atoms with Crippen LogP contribution in [0.4, 0.5) is 0 Å². The lowest BCUT2D eigenvalue weighted by molar-refractivity contribution is -0.146. The van der Waals surface area contributed by atoms with Crippen molar-refractivity contribution < 1.29 is 23.9 Å². The fraction of sp³-hybridized carbons (Fsp3) is 0.179. The van der Waals surface area contributed by atoms with E-state index in [-0.39, 0.29) is 35.7 Å². The molecule has 2 amide bonds. The van der Waals surface area contributed by atoms with Gasteiger partial charge in [0.15, 0.2) is 0 Å². The van der Waals surface area contributed by atoms with Crippen LogP contribution in [0, 0.1) is 0 Å². The molecule has 2 aliphatic heterocycles. The molecule has 4 aromatic rings. The van der Waals surface area contributed by atoms with Gasteiger partial charge in [0.05, 0.1) is 23.1 Å². The molecule has 0 bridgehead atoms. The predicted molar refractivity (Wildman–Crippen MR) is 149 cm³/mol. The Morgan fingerprint density at radius 3 is 2.50 bits per heavy atom. The largest absolute Gasteiger partial charge is 0.477 e. The highest BCUT2D eigenvalue weighted by Gasteiger charge is 2.49. The number of benzene rings is 3. The number of rotatable bonds is 7. The standard InChI is InChI=1S/C28H21ClN2O5S2/c29-14-16-6-8-18-19-9-7-17(12-21(19)36-20(18)10-16)37-26-25(28(34)35)31-23(33)13-24(31)38-27(26)30-22(32)11-15-4-2-1-3-5-15/h1-10,12,24,27H,11,13-14H2,(H,30,32)(H,34,35)/t24-,27?/m1/s1. The van der Waals surface area contributed by atoms with Gasteiger partial charge in [-0.05, 0) is 35.4 Å². The molecule has 3 aromatic carbocycles. The fourth-order valence-electron chi connectivity index (χ4n) is 4.69. The van der Waals surface area contributed by atoms with Crippen molar-refractivity contribution in [3.05, 3.63) is 88.5 Å². The van der Waals surface area contributed by atoms with Gasteiger partial charge >= 0.3 is 5.97 Å². The number of carboxylic acid groups (broad SMARTS) is 1. The summed E-state index contributed by atoms with van der Waals surface area (Å²) in [6.07, 6.45) is 0.403. The van der Waals surface area contributed by atoms with Crippen molar-refractivity contribution in [1.82, 2.24) is 10.2 Å². The quantitative estimate of drug-likeness (QED) is 0.219. The van der Waals surface area contributed by atoms with Gasteiger partial charge in [-0.15, -0.1) is 23.4 Å². The average Bonchev–Trinajstić information content (AvgIpc) is 3.26. The zero-order chi connectivity index (χ0) is 26.4. The minimum Gasteiger partial charge on any atom is -0.477 e. The lowest BCUT2D eigenvalue weighted by Gasteiger charge is -2.46. The van der Waals surface area contributed by atoms with Crippen molar-refractivity contribution in [1.29, 1.82) is 0 Å². The first-order valence-corrected chi connectivity index (χ1v) is 14.2. The molecule has 1 aromatic heterocycles. The molecule has 0 spiro atoms. The Bertz CT molecular complexity index is 1630. The number of nitrogens with zero attached hydrogens (tertiary/aromatic N) is 1. The number of carboxylic acids is 1. The zero-order valence-electron chi connectivity index (χ0n) is 19.8. The molecular weight excluding hydrogens is 544 g/mol. The number of furan rings is 1. The van der Waals surface area contributed by atoms with E-state index in [0.29, 0.717) is 16.4 Å². The van der Waals surface area contributed by atoms with Crippen LogP contribution >= 0.6 is 35.1 Å². The van der Waals surface area contributed by atoms with Crippen LogP contribution < -0.4 is 5.32 Å². The molecular formula is C28H21ClN2O5S2. The highest BCUT2D eigenvalue weighted by molar-refractivity contribution is 8.06. The minimum atomic E-state index is -1.20. The molecule has 1 unspecified atom stereocenters. The van der Waals surface area contributed by atoms with Crippen molar-refractivity contribution in [2.45, 2.75) is 34.4 Å². The summed E-state index contributed by atoms with van der Waals surface area (Å²) in [5.74, 6) is -1.29. The van der Waals surface area contributed by atoms with Gasteiger partial charge in [0.1, 0.15) is 22.2 Å². The van der Waals surface area contributed by atoms with E-state index in [4.69, 9.17) is 16.0 Å². The highest BCUT2D eigenvalue weighted by Crippen LogP contribution is 2.48. The van der Waals surface area contributed by atoms with Crippen LogP contribution in [0.3, 0.4) is 0 Å².